The number of phenolic OH excluding ortho intramolecular Hbond substituents is 1. The first-order valence-electron chi connectivity index (χ1n) is 7.81. The Labute approximate surface area is 136 Å². The second-order valence-electron chi connectivity index (χ2n) is 5.53. The van der Waals surface area contributed by atoms with Crippen LogP contribution in [0.2, 0.25) is 0 Å². The molecule has 0 saturated carbocycles. The Balaban J connectivity index is 2.26. The molecule has 23 heavy (non-hydrogen) atoms. The minimum absolute atomic E-state index is 0.0430. The maximum Gasteiger partial charge on any atom is 0.309 e. The maximum absolute atomic E-state index is 11.7. The third-order valence-corrected chi connectivity index (χ3v) is 3.02. The lowest BCUT2D eigenvalue weighted by Crippen LogP contribution is -2.26. The predicted octanol–water partition coefficient (Wildman–Crippen LogP) is 2.86. The lowest BCUT2D eigenvalue weighted by molar-refractivity contribution is -0.154. The van der Waals surface area contributed by atoms with E-state index in [1.807, 2.05) is 13.8 Å². The van der Waals surface area contributed by atoms with E-state index >= 15 is 0 Å². The zero-order valence-corrected chi connectivity index (χ0v) is 13.9. The first-order valence-corrected chi connectivity index (χ1v) is 7.81. The molecule has 6 heteroatoms. The summed E-state index contributed by atoms with van der Waals surface area (Å²) in [4.78, 5) is 23.0. The number of aromatic hydroxyl groups is 1. The van der Waals surface area contributed by atoms with Crippen molar-refractivity contribution >= 4 is 17.6 Å². The molecule has 0 radical (unpaired) electrons. The second kappa shape index (κ2) is 9.71. The summed E-state index contributed by atoms with van der Waals surface area (Å²) in [6, 6.07) is 6.55. The normalized spacial score (nSPS) is 13.0. The molecule has 1 aromatic carbocycles. The number of carbonyl (C=O) groups excluding carboxylic acids is 2. The summed E-state index contributed by atoms with van der Waals surface area (Å²) in [6.07, 6.45) is 0.632. The Morgan fingerprint density at radius 3 is 2.43 bits per heavy atom. The summed E-state index contributed by atoms with van der Waals surface area (Å²) in [7, 11) is 0. The Hall–Kier alpha value is -2.24. The van der Waals surface area contributed by atoms with Crippen molar-refractivity contribution in [2.75, 3.05) is 11.9 Å². The minimum atomic E-state index is -0.484. The van der Waals surface area contributed by atoms with E-state index in [0.29, 0.717) is 6.42 Å². The van der Waals surface area contributed by atoms with Crippen LogP contribution in [0.25, 0.3) is 0 Å². The van der Waals surface area contributed by atoms with Gasteiger partial charge in [-0.05, 0) is 44.5 Å². The highest BCUT2D eigenvalue weighted by Crippen LogP contribution is 2.14. The molecule has 2 atom stereocenters. The van der Waals surface area contributed by atoms with Crippen molar-refractivity contribution in [2.45, 2.75) is 52.2 Å². The standard InChI is InChI=1S/C17H25NO5/c1-4-5-16(20)23-13(3)10-17(21)22-11-12(2)18-14-6-8-15(19)9-7-14/h6-9,12-13,18-19H,4-5,10-11H2,1-3H3. The molecule has 6 nitrogen and oxygen atoms in total. The average Bonchev–Trinajstić information content (AvgIpc) is 2.47. The van der Waals surface area contributed by atoms with Crippen molar-refractivity contribution in [3.63, 3.8) is 0 Å². The number of hydrogen-bond donors (Lipinski definition) is 2. The molecular weight excluding hydrogens is 298 g/mol. The molecule has 0 aliphatic rings. The monoisotopic (exact) mass is 323 g/mol. The molecule has 0 saturated heterocycles. The molecule has 2 unspecified atom stereocenters. The fourth-order valence-corrected chi connectivity index (χ4v) is 1.92. The quantitative estimate of drug-likeness (QED) is 0.537. The summed E-state index contributed by atoms with van der Waals surface area (Å²) in [5, 5.41) is 12.4. The lowest BCUT2D eigenvalue weighted by atomic mass is 10.2. The van der Waals surface area contributed by atoms with Crippen LogP contribution < -0.4 is 5.32 Å². The van der Waals surface area contributed by atoms with Gasteiger partial charge in [0.25, 0.3) is 0 Å². The van der Waals surface area contributed by atoms with E-state index in [-0.39, 0.29) is 30.8 Å². The largest absolute Gasteiger partial charge is 0.508 e. The molecule has 0 aliphatic carbocycles. The van der Waals surface area contributed by atoms with Gasteiger partial charge in [-0.3, -0.25) is 9.59 Å². The van der Waals surface area contributed by atoms with Gasteiger partial charge >= 0.3 is 11.9 Å². The molecule has 0 aliphatic heterocycles. The molecule has 1 aromatic rings. The number of benzene rings is 1. The van der Waals surface area contributed by atoms with Gasteiger partial charge in [0.15, 0.2) is 0 Å². The SMILES string of the molecule is CCCC(=O)OC(C)CC(=O)OCC(C)Nc1ccc(O)cc1. The highest BCUT2D eigenvalue weighted by Gasteiger charge is 2.15. The molecule has 0 aromatic heterocycles. The smallest absolute Gasteiger partial charge is 0.309 e. The average molecular weight is 323 g/mol. The highest BCUT2D eigenvalue weighted by atomic mass is 16.6. The second-order valence-corrected chi connectivity index (χ2v) is 5.53. The van der Waals surface area contributed by atoms with Gasteiger partial charge in [-0.1, -0.05) is 6.92 Å². The number of nitrogens with one attached hydrogen (secondary N) is 1. The van der Waals surface area contributed by atoms with Crippen molar-refractivity contribution in [3.05, 3.63) is 24.3 Å². The van der Waals surface area contributed by atoms with Crippen LogP contribution in [-0.2, 0) is 19.1 Å². The van der Waals surface area contributed by atoms with Gasteiger partial charge in [0.05, 0.1) is 12.5 Å². The highest BCUT2D eigenvalue weighted by molar-refractivity contribution is 5.72. The van der Waals surface area contributed by atoms with E-state index in [0.717, 1.165) is 12.1 Å². The number of carbonyl (C=O) groups is 2. The number of phenols is 1. The van der Waals surface area contributed by atoms with Crippen molar-refractivity contribution in [2.24, 2.45) is 0 Å². The van der Waals surface area contributed by atoms with Gasteiger partial charge in [0.2, 0.25) is 0 Å². The fourth-order valence-electron chi connectivity index (χ4n) is 1.92. The number of esters is 2. The van der Waals surface area contributed by atoms with E-state index in [2.05, 4.69) is 5.32 Å². The lowest BCUT2D eigenvalue weighted by Gasteiger charge is -2.17. The van der Waals surface area contributed by atoms with E-state index in [1.54, 1.807) is 31.2 Å². The van der Waals surface area contributed by atoms with Crippen LogP contribution in [0.4, 0.5) is 5.69 Å². The van der Waals surface area contributed by atoms with Crippen molar-refractivity contribution in [3.8, 4) is 5.75 Å². The molecule has 128 valence electrons. The van der Waals surface area contributed by atoms with Crippen LogP contribution in [0.3, 0.4) is 0 Å². The Kier molecular flexibility index (Phi) is 7.94. The minimum Gasteiger partial charge on any atom is -0.508 e. The van der Waals surface area contributed by atoms with Gasteiger partial charge in [0.1, 0.15) is 18.5 Å². The first kappa shape index (κ1) is 18.8. The Morgan fingerprint density at radius 2 is 1.83 bits per heavy atom. The molecule has 0 bridgehead atoms. The summed E-state index contributed by atoms with van der Waals surface area (Å²) in [6.45, 7) is 5.65. The summed E-state index contributed by atoms with van der Waals surface area (Å²) in [5.74, 6) is -0.502. The van der Waals surface area contributed by atoms with E-state index < -0.39 is 12.1 Å². The van der Waals surface area contributed by atoms with Crippen molar-refractivity contribution in [1.29, 1.82) is 0 Å². The van der Waals surface area contributed by atoms with Crippen LogP contribution in [0, 0.1) is 0 Å². The number of ether oxygens (including phenoxy) is 2. The number of hydrogen-bond acceptors (Lipinski definition) is 6. The maximum atomic E-state index is 11.7. The van der Waals surface area contributed by atoms with Gasteiger partial charge in [0, 0.05) is 12.1 Å². The van der Waals surface area contributed by atoms with E-state index in [9.17, 15) is 14.7 Å². The van der Waals surface area contributed by atoms with Crippen molar-refractivity contribution < 1.29 is 24.2 Å². The zero-order chi connectivity index (χ0) is 17.2. The van der Waals surface area contributed by atoms with Crippen LogP contribution in [0.1, 0.15) is 40.0 Å². The summed E-state index contributed by atoms with van der Waals surface area (Å²) in [5.41, 5.74) is 0.827. The molecule has 0 spiro atoms. The van der Waals surface area contributed by atoms with Crippen molar-refractivity contribution in [1.82, 2.24) is 0 Å². The molecule has 1 rings (SSSR count). The topological polar surface area (TPSA) is 84.9 Å². The van der Waals surface area contributed by atoms with Crippen LogP contribution in [0.15, 0.2) is 24.3 Å². The molecule has 2 N–H and O–H groups in total. The molecule has 0 amide bonds. The fraction of sp³-hybridized carbons (Fsp3) is 0.529. The number of anilines is 1. The van der Waals surface area contributed by atoms with Gasteiger partial charge in [-0.2, -0.15) is 0 Å². The van der Waals surface area contributed by atoms with Gasteiger partial charge in [-0.15, -0.1) is 0 Å². The molecular formula is C17H25NO5. The van der Waals surface area contributed by atoms with Gasteiger partial charge in [-0.25, -0.2) is 0 Å². The Morgan fingerprint density at radius 1 is 1.17 bits per heavy atom. The first-order chi connectivity index (χ1) is 10.9. The summed E-state index contributed by atoms with van der Waals surface area (Å²) >= 11 is 0. The van der Waals surface area contributed by atoms with E-state index in [4.69, 9.17) is 9.47 Å². The van der Waals surface area contributed by atoms with Gasteiger partial charge < -0.3 is 19.9 Å². The third-order valence-electron chi connectivity index (χ3n) is 3.02. The molecule has 0 fully saturated rings. The number of rotatable bonds is 9. The Bertz CT molecular complexity index is 500. The van der Waals surface area contributed by atoms with Crippen LogP contribution >= 0.6 is 0 Å². The van der Waals surface area contributed by atoms with Crippen LogP contribution in [-0.4, -0.2) is 35.8 Å². The third kappa shape index (κ3) is 8.09. The van der Waals surface area contributed by atoms with E-state index in [1.165, 1.54) is 0 Å². The molecule has 0 heterocycles. The zero-order valence-electron chi connectivity index (χ0n) is 13.9. The summed E-state index contributed by atoms with van der Waals surface area (Å²) < 4.78 is 10.3. The van der Waals surface area contributed by atoms with Crippen LogP contribution in [0.5, 0.6) is 5.75 Å². The predicted molar refractivity (Wildman–Crippen MR) is 87.2 cm³/mol.